The maximum Gasteiger partial charge on any atom is 0.336 e. The number of aromatic carboxylic acids is 1. The predicted octanol–water partition coefficient (Wildman–Crippen LogP) is 3.14. The molecule has 1 N–H and O–H groups in total. The minimum Gasteiger partial charge on any atom is -0.478 e. The van der Waals surface area contributed by atoms with Crippen LogP contribution in [-0.2, 0) is 6.54 Å². The van der Waals surface area contributed by atoms with Crippen molar-refractivity contribution >= 4 is 16.9 Å². The molecule has 1 aliphatic rings. The molecule has 88 valence electrons. The molecule has 0 bridgehead atoms. The molecule has 3 nitrogen and oxygen atoms in total. The van der Waals surface area contributed by atoms with E-state index < -0.39 is 5.97 Å². The van der Waals surface area contributed by atoms with Gasteiger partial charge in [-0.3, -0.25) is 0 Å². The molecule has 0 saturated heterocycles. The number of rotatable bonds is 3. The Labute approximate surface area is 99.7 Å². The van der Waals surface area contributed by atoms with Crippen molar-refractivity contribution in [2.45, 2.75) is 25.8 Å². The Bertz CT molecular complexity index is 567. The van der Waals surface area contributed by atoms with Crippen LogP contribution >= 0.6 is 0 Å². The quantitative estimate of drug-likeness (QED) is 0.878. The van der Waals surface area contributed by atoms with Gasteiger partial charge in [0.1, 0.15) is 0 Å². The number of hydrogen-bond donors (Lipinski definition) is 1. The number of hydrogen-bond acceptors (Lipinski definition) is 1. The van der Waals surface area contributed by atoms with Gasteiger partial charge in [-0.15, -0.1) is 0 Å². The maximum absolute atomic E-state index is 11.1. The second-order valence-corrected chi connectivity index (χ2v) is 4.81. The van der Waals surface area contributed by atoms with Crippen LogP contribution in [0.15, 0.2) is 30.5 Å². The molecular weight excluding hydrogens is 214 g/mol. The average molecular weight is 229 g/mol. The van der Waals surface area contributed by atoms with Crippen LogP contribution in [0.1, 0.15) is 29.6 Å². The smallest absolute Gasteiger partial charge is 0.336 e. The fourth-order valence-corrected chi connectivity index (χ4v) is 2.52. The van der Waals surface area contributed by atoms with Crippen LogP contribution < -0.4 is 0 Å². The molecule has 2 aromatic rings. The standard InChI is InChI=1S/C14H15NO2/c16-14(17)12-5-2-6-13-11(12)7-8-15(13)9-10-3-1-4-10/h2,5-8,10H,1,3-4,9H2,(H,16,17). The molecule has 0 radical (unpaired) electrons. The zero-order valence-electron chi connectivity index (χ0n) is 9.60. The van der Waals surface area contributed by atoms with Gasteiger partial charge < -0.3 is 9.67 Å². The van der Waals surface area contributed by atoms with E-state index in [1.54, 1.807) is 6.07 Å². The molecule has 17 heavy (non-hydrogen) atoms. The number of aromatic nitrogens is 1. The highest BCUT2D eigenvalue weighted by Crippen LogP contribution is 2.30. The van der Waals surface area contributed by atoms with Crippen LogP contribution in [0.25, 0.3) is 10.9 Å². The highest BCUT2D eigenvalue weighted by molar-refractivity contribution is 6.02. The van der Waals surface area contributed by atoms with E-state index in [0.29, 0.717) is 5.56 Å². The number of fused-ring (bicyclic) bond motifs is 1. The second-order valence-electron chi connectivity index (χ2n) is 4.81. The second kappa shape index (κ2) is 3.91. The van der Waals surface area contributed by atoms with Crippen LogP contribution in [0.5, 0.6) is 0 Å². The number of nitrogens with zero attached hydrogens (tertiary/aromatic N) is 1. The first kappa shape index (κ1) is 10.4. The van der Waals surface area contributed by atoms with Gasteiger partial charge in [-0.05, 0) is 37.0 Å². The summed E-state index contributed by atoms with van der Waals surface area (Å²) in [4.78, 5) is 11.1. The lowest BCUT2D eigenvalue weighted by atomic mass is 9.85. The van der Waals surface area contributed by atoms with Crippen LogP contribution in [0, 0.1) is 5.92 Å². The van der Waals surface area contributed by atoms with E-state index in [-0.39, 0.29) is 0 Å². The van der Waals surface area contributed by atoms with Crippen molar-refractivity contribution in [2.24, 2.45) is 5.92 Å². The molecule has 0 amide bonds. The molecule has 1 aliphatic carbocycles. The van der Waals surface area contributed by atoms with Gasteiger partial charge in [0.05, 0.1) is 5.56 Å². The van der Waals surface area contributed by atoms with E-state index in [2.05, 4.69) is 4.57 Å². The first-order valence-electron chi connectivity index (χ1n) is 6.07. The normalized spacial score (nSPS) is 16.0. The lowest BCUT2D eigenvalue weighted by molar-refractivity contribution is 0.0699. The van der Waals surface area contributed by atoms with Gasteiger partial charge in [-0.25, -0.2) is 4.79 Å². The molecule has 0 unspecified atom stereocenters. The summed E-state index contributed by atoms with van der Waals surface area (Å²) < 4.78 is 2.19. The summed E-state index contributed by atoms with van der Waals surface area (Å²) >= 11 is 0. The molecule has 3 rings (SSSR count). The van der Waals surface area contributed by atoms with Gasteiger partial charge in [0.2, 0.25) is 0 Å². The number of carboxylic acids is 1. The van der Waals surface area contributed by atoms with Crippen LogP contribution in [0.3, 0.4) is 0 Å². The van der Waals surface area contributed by atoms with Crippen LogP contribution in [-0.4, -0.2) is 15.6 Å². The summed E-state index contributed by atoms with van der Waals surface area (Å²) in [7, 11) is 0. The third-order valence-corrected chi connectivity index (χ3v) is 3.72. The number of carboxylic acid groups (broad SMARTS) is 1. The van der Waals surface area contributed by atoms with Crippen LogP contribution in [0.4, 0.5) is 0 Å². The minimum absolute atomic E-state index is 0.398. The maximum atomic E-state index is 11.1. The van der Waals surface area contributed by atoms with Gasteiger partial charge in [-0.2, -0.15) is 0 Å². The lowest BCUT2D eigenvalue weighted by Gasteiger charge is -2.26. The lowest BCUT2D eigenvalue weighted by Crippen LogP contribution is -2.17. The van der Waals surface area contributed by atoms with E-state index in [0.717, 1.165) is 23.4 Å². The van der Waals surface area contributed by atoms with E-state index in [1.165, 1.54) is 19.3 Å². The van der Waals surface area contributed by atoms with Gasteiger partial charge in [0, 0.05) is 23.6 Å². The molecule has 1 aromatic carbocycles. The Morgan fingerprint density at radius 1 is 1.35 bits per heavy atom. The first-order valence-corrected chi connectivity index (χ1v) is 6.07. The predicted molar refractivity (Wildman–Crippen MR) is 66.2 cm³/mol. The fraction of sp³-hybridized carbons (Fsp3) is 0.357. The Morgan fingerprint density at radius 2 is 2.18 bits per heavy atom. The van der Waals surface area contributed by atoms with E-state index >= 15 is 0 Å². The fourth-order valence-electron chi connectivity index (χ4n) is 2.52. The molecule has 3 heteroatoms. The summed E-state index contributed by atoms with van der Waals surface area (Å²) in [6, 6.07) is 7.40. The van der Waals surface area contributed by atoms with Gasteiger partial charge in [0.25, 0.3) is 0 Å². The molecular formula is C14H15NO2. The zero-order valence-corrected chi connectivity index (χ0v) is 9.60. The van der Waals surface area contributed by atoms with Crippen molar-refractivity contribution < 1.29 is 9.90 Å². The Kier molecular flexibility index (Phi) is 2.39. The minimum atomic E-state index is -0.850. The highest BCUT2D eigenvalue weighted by atomic mass is 16.4. The Hall–Kier alpha value is -1.77. The largest absolute Gasteiger partial charge is 0.478 e. The molecule has 1 fully saturated rings. The molecule has 0 aliphatic heterocycles. The zero-order chi connectivity index (χ0) is 11.8. The molecule has 1 aromatic heterocycles. The molecule has 1 saturated carbocycles. The summed E-state index contributed by atoms with van der Waals surface area (Å²) in [5.41, 5.74) is 1.44. The topological polar surface area (TPSA) is 42.2 Å². The van der Waals surface area contributed by atoms with Gasteiger partial charge in [-0.1, -0.05) is 12.5 Å². The molecule has 0 atom stereocenters. The summed E-state index contributed by atoms with van der Waals surface area (Å²) in [6.45, 7) is 1.02. The summed E-state index contributed by atoms with van der Waals surface area (Å²) in [6.07, 6.45) is 5.95. The summed E-state index contributed by atoms with van der Waals surface area (Å²) in [5.74, 6) is -0.0731. The van der Waals surface area contributed by atoms with Gasteiger partial charge in [0.15, 0.2) is 0 Å². The van der Waals surface area contributed by atoms with E-state index in [9.17, 15) is 4.79 Å². The van der Waals surface area contributed by atoms with E-state index in [4.69, 9.17) is 5.11 Å². The van der Waals surface area contributed by atoms with Crippen molar-refractivity contribution in [3.8, 4) is 0 Å². The summed E-state index contributed by atoms with van der Waals surface area (Å²) in [5, 5.41) is 9.97. The van der Waals surface area contributed by atoms with Crippen LogP contribution in [0.2, 0.25) is 0 Å². The first-order chi connectivity index (χ1) is 8.25. The Morgan fingerprint density at radius 3 is 2.82 bits per heavy atom. The van der Waals surface area contributed by atoms with E-state index in [1.807, 2.05) is 24.4 Å². The average Bonchev–Trinajstić information content (AvgIpc) is 2.66. The highest BCUT2D eigenvalue weighted by Gasteiger charge is 2.19. The third-order valence-electron chi connectivity index (χ3n) is 3.72. The Balaban J connectivity index is 2.03. The van der Waals surface area contributed by atoms with Crippen molar-refractivity contribution in [3.63, 3.8) is 0 Å². The third kappa shape index (κ3) is 1.71. The van der Waals surface area contributed by atoms with Crippen molar-refractivity contribution in [3.05, 3.63) is 36.0 Å². The molecule has 0 spiro atoms. The van der Waals surface area contributed by atoms with Crippen molar-refractivity contribution in [2.75, 3.05) is 0 Å². The van der Waals surface area contributed by atoms with Crippen molar-refractivity contribution in [1.29, 1.82) is 0 Å². The van der Waals surface area contributed by atoms with Crippen molar-refractivity contribution in [1.82, 2.24) is 4.57 Å². The molecule has 1 heterocycles. The number of benzene rings is 1. The monoisotopic (exact) mass is 229 g/mol. The van der Waals surface area contributed by atoms with Gasteiger partial charge >= 0.3 is 5.97 Å². The number of carbonyl (C=O) groups is 1. The SMILES string of the molecule is O=C(O)c1cccc2c1ccn2CC1CCC1.